The van der Waals surface area contributed by atoms with Crippen molar-refractivity contribution in [2.24, 2.45) is 0 Å². The van der Waals surface area contributed by atoms with Crippen LogP contribution in [0.5, 0.6) is 0 Å². The van der Waals surface area contributed by atoms with Crippen LogP contribution < -0.4 is 5.32 Å². The Morgan fingerprint density at radius 1 is 1.00 bits per heavy atom. The lowest BCUT2D eigenvalue weighted by molar-refractivity contribution is 0.509. The molecular formula is C16H18FN. The van der Waals surface area contributed by atoms with Crippen LogP contribution >= 0.6 is 0 Å². The molecular weight excluding hydrogens is 225 g/mol. The highest BCUT2D eigenvalue weighted by atomic mass is 19.1. The molecule has 0 aliphatic rings. The van der Waals surface area contributed by atoms with Crippen molar-refractivity contribution in [3.63, 3.8) is 0 Å². The lowest BCUT2D eigenvalue weighted by atomic mass is 9.99. The summed E-state index contributed by atoms with van der Waals surface area (Å²) in [5.74, 6) is -0.134. The van der Waals surface area contributed by atoms with Gasteiger partial charge >= 0.3 is 0 Å². The minimum Gasteiger partial charge on any atom is -0.313 e. The number of nitrogens with one attached hydrogen (secondary N) is 1. The fourth-order valence-electron chi connectivity index (χ4n) is 2.17. The first-order chi connectivity index (χ1) is 8.81. The SMILES string of the molecule is CNC(CCc1ccccc1)c1ccccc1F. The first-order valence-electron chi connectivity index (χ1n) is 6.27. The minimum atomic E-state index is -0.134. The zero-order valence-electron chi connectivity index (χ0n) is 10.6. The molecule has 2 rings (SSSR count). The molecule has 0 saturated carbocycles. The molecule has 1 atom stereocenters. The van der Waals surface area contributed by atoms with Gasteiger partial charge in [0.1, 0.15) is 5.82 Å². The van der Waals surface area contributed by atoms with Crippen LogP contribution in [-0.4, -0.2) is 7.05 Å². The summed E-state index contributed by atoms with van der Waals surface area (Å²) >= 11 is 0. The van der Waals surface area contributed by atoms with Gasteiger partial charge in [-0.05, 0) is 31.5 Å². The maximum absolute atomic E-state index is 13.7. The summed E-state index contributed by atoms with van der Waals surface area (Å²) in [6, 6.07) is 17.3. The van der Waals surface area contributed by atoms with Crippen molar-refractivity contribution in [2.45, 2.75) is 18.9 Å². The van der Waals surface area contributed by atoms with Crippen LogP contribution in [0, 0.1) is 5.82 Å². The summed E-state index contributed by atoms with van der Waals surface area (Å²) in [5, 5.41) is 3.19. The fraction of sp³-hybridized carbons (Fsp3) is 0.250. The van der Waals surface area contributed by atoms with Gasteiger partial charge in [0.05, 0.1) is 0 Å². The zero-order valence-corrected chi connectivity index (χ0v) is 10.6. The molecule has 0 aliphatic carbocycles. The molecule has 1 N–H and O–H groups in total. The standard InChI is InChI=1S/C16H18FN/c1-18-16(14-9-5-6-10-15(14)17)12-11-13-7-3-2-4-8-13/h2-10,16,18H,11-12H2,1H3. The van der Waals surface area contributed by atoms with Crippen LogP contribution in [-0.2, 0) is 6.42 Å². The van der Waals surface area contributed by atoms with Crippen molar-refractivity contribution in [3.8, 4) is 0 Å². The Labute approximate surface area is 108 Å². The largest absolute Gasteiger partial charge is 0.313 e. The summed E-state index contributed by atoms with van der Waals surface area (Å²) < 4.78 is 13.7. The van der Waals surface area contributed by atoms with E-state index in [1.165, 1.54) is 11.6 Å². The third-order valence-electron chi connectivity index (χ3n) is 3.19. The highest BCUT2D eigenvalue weighted by Crippen LogP contribution is 2.21. The lowest BCUT2D eigenvalue weighted by Gasteiger charge is -2.17. The van der Waals surface area contributed by atoms with Crippen molar-refractivity contribution in [2.75, 3.05) is 7.05 Å². The normalized spacial score (nSPS) is 12.3. The van der Waals surface area contributed by atoms with Crippen LogP contribution in [0.25, 0.3) is 0 Å². The topological polar surface area (TPSA) is 12.0 Å². The molecule has 0 bridgehead atoms. The molecule has 0 fully saturated rings. The Morgan fingerprint density at radius 3 is 2.33 bits per heavy atom. The fourth-order valence-corrected chi connectivity index (χ4v) is 2.17. The van der Waals surface area contributed by atoms with E-state index in [1.807, 2.05) is 37.4 Å². The Morgan fingerprint density at radius 2 is 1.67 bits per heavy atom. The lowest BCUT2D eigenvalue weighted by Crippen LogP contribution is -2.18. The number of halogens is 1. The van der Waals surface area contributed by atoms with Gasteiger partial charge in [0.15, 0.2) is 0 Å². The van der Waals surface area contributed by atoms with Crippen LogP contribution in [0.3, 0.4) is 0 Å². The second-order valence-electron chi connectivity index (χ2n) is 4.39. The first kappa shape index (κ1) is 12.8. The molecule has 0 aromatic heterocycles. The van der Waals surface area contributed by atoms with Gasteiger partial charge in [0, 0.05) is 11.6 Å². The maximum atomic E-state index is 13.7. The molecule has 94 valence electrons. The zero-order chi connectivity index (χ0) is 12.8. The Hall–Kier alpha value is -1.67. The van der Waals surface area contributed by atoms with Gasteiger partial charge in [-0.1, -0.05) is 48.5 Å². The Kier molecular flexibility index (Phi) is 4.48. The molecule has 1 nitrogen and oxygen atoms in total. The molecule has 0 radical (unpaired) electrons. The summed E-state index contributed by atoms with van der Waals surface area (Å²) in [7, 11) is 1.88. The van der Waals surface area contributed by atoms with E-state index in [2.05, 4.69) is 17.4 Å². The molecule has 1 unspecified atom stereocenters. The molecule has 0 heterocycles. The molecule has 18 heavy (non-hydrogen) atoms. The van der Waals surface area contributed by atoms with Gasteiger partial charge in [-0.15, -0.1) is 0 Å². The molecule has 2 aromatic carbocycles. The summed E-state index contributed by atoms with van der Waals surface area (Å²) in [4.78, 5) is 0. The summed E-state index contributed by atoms with van der Waals surface area (Å²) in [6.07, 6.45) is 1.84. The number of hydrogen-bond donors (Lipinski definition) is 1. The molecule has 2 aromatic rings. The Balaban J connectivity index is 2.04. The van der Waals surface area contributed by atoms with E-state index < -0.39 is 0 Å². The van der Waals surface area contributed by atoms with Gasteiger partial charge in [0.25, 0.3) is 0 Å². The van der Waals surface area contributed by atoms with E-state index in [0.717, 1.165) is 18.4 Å². The number of rotatable bonds is 5. The molecule has 0 aliphatic heterocycles. The smallest absolute Gasteiger partial charge is 0.127 e. The second kappa shape index (κ2) is 6.31. The quantitative estimate of drug-likeness (QED) is 0.844. The summed E-state index contributed by atoms with van der Waals surface area (Å²) in [6.45, 7) is 0. The minimum absolute atomic E-state index is 0.0615. The predicted molar refractivity (Wildman–Crippen MR) is 73.0 cm³/mol. The van der Waals surface area contributed by atoms with E-state index in [4.69, 9.17) is 0 Å². The highest BCUT2D eigenvalue weighted by Gasteiger charge is 2.12. The average Bonchev–Trinajstić information content (AvgIpc) is 2.42. The predicted octanol–water partition coefficient (Wildman–Crippen LogP) is 3.72. The maximum Gasteiger partial charge on any atom is 0.127 e. The van der Waals surface area contributed by atoms with Gasteiger partial charge in [-0.2, -0.15) is 0 Å². The first-order valence-corrected chi connectivity index (χ1v) is 6.27. The van der Waals surface area contributed by atoms with Crippen molar-refractivity contribution < 1.29 is 4.39 Å². The van der Waals surface area contributed by atoms with Crippen LogP contribution in [0.15, 0.2) is 54.6 Å². The van der Waals surface area contributed by atoms with Gasteiger partial charge in [0.2, 0.25) is 0 Å². The van der Waals surface area contributed by atoms with E-state index >= 15 is 0 Å². The van der Waals surface area contributed by atoms with Crippen molar-refractivity contribution in [1.29, 1.82) is 0 Å². The van der Waals surface area contributed by atoms with Crippen molar-refractivity contribution >= 4 is 0 Å². The van der Waals surface area contributed by atoms with Gasteiger partial charge in [-0.3, -0.25) is 0 Å². The van der Waals surface area contributed by atoms with Crippen molar-refractivity contribution in [3.05, 3.63) is 71.5 Å². The molecule has 0 spiro atoms. The molecule has 0 saturated heterocycles. The van der Waals surface area contributed by atoms with E-state index in [0.29, 0.717) is 0 Å². The monoisotopic (exact) mass is 243 g/mol. The second-order valence-corrected chi connectivity index (χ2v) is 4.39. The van der Waals surface area contributed by atoms with E-state index in [9.17, 15) is 4.39 Å². The number of aryl methyl sites for hydroxylation is 1. The molecule has 0 amide bonds. The number of hydrogen-bond acceptors (Lipinski definition) is 1. The molecule has 2 heteroatoms. The highest BCUT2D eigenvalue weighted by molar-refractivity contribution is 5.22. The van der Waals surface area contributed by atoms with Crippen LogP contribution in [0.4, 0.5) is 4.39 Å². The third-order valence-corrected chi connectivity index (χ3v) is 3.19. The van der Waals surface area contributed by atoms with Gasteiger partial charge < -0.3 is 5.32 Å². The number of benzene rings is 2. The van der Waals surface area contributed by atoms with Gasteiger partial charge in [-0.25, -0.2) is 4.39 Å². The van der Waals surface area contributed by atoms with E-state index in [1.54, 1.807) is 6.07 Å². The van der Waals surface area contributed by atoms with Crippen LogP contribution in [0.1, 0.15) is 23.6 Å². The third kappa shape index (κ3) is 3.17. The van der Waals surface area contributed by atoms with Crippen LogP contribution in [0.2, 0.25) is 0 Å². The Bertz CT molecular complexity index is 481. The van der Waals surface area contributed by atoms with E-state index in [-0.39, 0.29) is 11.9 Å². The summed E-state index contributed by atoms with van der Waals surface area (Å²) in [5.41, 5.74) is 2.03. The van der Waals surface area contributed by atoms with Crippen molar-refractivity contribution in [1.82, 2.24) is 5.32 Å². The average molecular weight is 243 g/mol.